The van der Waals surface area contributed by atoms with Crippen LogP contribution in [0.25, 0.3) is 0 Å². The van der Waals surface area contributed by atoms with Crippen LogP contribution in [0.15, 0.2) is 30.5 Å². The zero-order valence-corrected chi connectivity index (χ0v) is 16.6. The number of anilines is 2. The van der Waals surface area contributed by atoms with Crippen LogP contribution in [0, 0.1) is 6.92 Å². The molecular formula is C20H25N7O2. The summed E-state index contributed by atoms with van der Waals surface area (Å²) in [5.74, 6) is 1.47. The predicted octanol–water partition coefficient (Wildman–Crippen LogP) is 0.421. The summed E-state index contributed by atoms with van der Waals surface area (Å²) in [4.78, 5) is 45.1. The minimum atomic E-state index is -0.102. The summed E-state index contributed by atoms with van der Waals surface area (Å²) >= 11 is 0. The number of aromatic nitrogens is 3. The van der Waals surface area contributed by atoms with E-state index in [-0.39, 0.29) is 5.91 Å². The van der Waals surface area contributed by atoms with Crippen LogP contribution in [-0.4, -0.2) is 89.4 Å². The largest absolute Gasteiger partial charge is 0.353 e. The third-order valence-corrected chi connectivity index (χ3v) is 5.35. The Balaban J connectivity index is 1.44. The Morgan fingerprint density at radius 3 is 2.34 bits per heavy atom. The van der Waals surface area contributed by atoms with Gasteiger partial charge in [-0.15, -0.1) is 0 Å². The number of nitrogens with zero attached hydrogens (tertiary/aromatic N) is 7. The molecule has 0 atom stereocenters. The molecule has 4 rings (SSSR count). The number of rotatable bonds is 4. The number of amides is 2. The molecule has 152 valence electrons. The van der Waals surface area contributed by atoms with Crippen LogP contribution >= 0.6 is 0 Å². The lowest BCUT2D eigenvalue weighted by Gasteiger charge is -2.35. The van der Waals surface area contributed by atoms with Crippen molar-refractivity contribution in [2.45, 2.75) is 6.92 Å². The van der Waals surface area contributed by atoms with E-state index in [1.807, 2.05) is 25.1 Å². The average molecular weight is 395 g/mol. The smallest absolute Gasteiger partial charge is 0.272 e. The van der Waals surface area contributed by atoms with E-state index in [2.05, 4.69) is 24.8 Å². The maximum atomic E-state index is 12.9. The first-order chi connectivity index (χ1) is 14.1. The zero-order chi connectivity index (χ0) is 20.2. The fraction of sp³-hybridized carbons (Fsp3) is 0.450. The Morgan fingerprint density at radius 2 is 1.69 bits per heavy atom. The molecule has 4 heterocycles. The molecule has 0 spiro atoms. The van der Waals surface area contributed by atoms with E-state index in [1.54, 1.807) is 22.1 Å². The Hall–Kier alpha value is -3.23. The maximum absolute atomic E-state index is 12.9. The number of hydrogen-bond acceptors (Lipinski definition) is 7. The van der Waals surface area contributed by atoms with Crippen LogP contribution < -0.4 is 9.80 Å². The van der Waals surface area contributed by atoms with Gasteiger partial charge in [-0.1, -0.05) is 6.07 Å². The molecule has 9 nitrogen and oxygen atoms in total. The van der Waals surface area contributed by atoms with Crippen LogP contribution in [0.4, 0.5) is 11.8 Å². The number of aryl methyl sites for hydroxylation is 1. The van der Waals surface area contributed by atoms with E-state index < -0.39 is 0 Å². The van der Waals surface area contributed by atoms with Crippen LogP contribution in [0.1, 0.15) is 16.2 Å². The second kappa shape index (κ2) is 8.42. The number of pyridine rings is 1. The molecule has 2 aromatic rings. The first-order valence-corrected chi connectivity index (χ1v) is 9.89. The van der Waals surface area contributed by atoms with E-state index >= 15 is 0 Å². The fourth-order valence-corrected chi connectivity index (χ4v) is 3.67. The summed E-state index contributed by atoms with van der Waals surface area (Å²) < 4.78 is 0. The van der Waals surface area contributed by atoms with Gasteiger partial charge in [0.1, 0.15) is 11.5 Å². The zero-order valence-electron chi connectivity index (χ0n) is 16.6. The van der Waals surface area contributed by atoms with Crippen LogP contribution in [0.2, 0.25) is 0 Å². The summed E-state index contributed by atoms with van der Waals surface area (Å²) in [5, 5.41) is 0. The van der Waals surface area contributed by atoms with Gasteiger partial charge in [0, 0.05) is 64.2 Å². The molecule has 29 heavy (non-hydrogen) atoms. The van der Waals surface area contributed by atoms with Gasteiger partial charge in [0.15, 0.2) is 0 Å². The molecule has 0 saturated carbocycles. The Kier molecular flexibility index (Phi) is 5.55. The van der Waals surface area contributed by atoms with Crippen molar-refractivity contribution in [3.8, 4) is 0 Å². The highest BCUT2D eigenvalue weighted by atomic mass is 16.2. The lowest BCUT2D eigenvalue weighted by Crippen LogP contribution is -2.49. The monoisotopic (exact) mass is 395 g/mol. The van der Waals surface area contributed by atoms with E-state index in [4.69, 9.17) is 0 Å². The molecule has 9 heteroatoms. The fourth-order valence-electron chi connectivity index (χ4n) is 3.67. The Labute approximate surface area is 170 Å². The molecule has 2 aliphatic rings. The predicted molar refractivity (Wildman–Crippen MR) is 109 cm³/mol. The van der Waals surface area contributed by atoms with Crippen molar-refractivity contribution < 1.29 is 9.59 Å². The molecule has 0 aromatic carbocycles. The van der Waals surface area contributed by atoms with Crippen molar-refractivity contribution >= 4 is 24.1 Å². The van der Waals surface area contributed by atoms with Gasteiger partial charge in [0.25, 0.3) is 5.91 Å². The highest BCUT2D eigenvalue weighted by Crippen LogP contribution is 2.18. The van der Waals surface area contributed by atoms with Crippen molar-refractivity contribution in [1.82, 2.24) is 24.8 Å². The lowest BCUT2D eigenvalue weighted by molar-refractivity contribution is -0.119. The minimum Gasteiger partial charge on any atom is -0.353 e. The second-order valence-corrected chi connectivity index (χ2v) is 7.29. The first kappa shape index (κ1) is 19.1. The van der Waals surface area contributed by atoms with Gasteiger partial charge in [-0.3, -0.25) is 9.59 Å². The van der Waals surface area contributed by atoms with E-state index in [0.29, 0.717) is 37.8 Å². The third-order valence-electron chi connectivity index (χ3n) is 5.35. The molecule has 0 unspecified atom stereocenters. The average Bonchev–Trinajstić information content (AvgIpc) is 2.79. The summed E-state index contributed by atoms with van der Waals surface area (Å²) in [7, 11) is 0. The number of carbonyl (C=O) groups is 2. The van der Waals surface area contributed by atoms with Gasteiger partial charge >= 0.3 is 0 Å². The van der Waals surface area contributed by atoms with Gasteiger partial charge in [-0.2, -0.15) is 0 Å². The van der Waals surface area contributed by atoms with E-state index in [9.17, 15) is 9.59 Å². The van der Waals surface area contributed by atoms with Crippen molar-refractivity contribution in [3.05, 3.63) is 41.9 Å². The van der Waals surface area contributed by atoms with Crippen LogP contribution in [-0.2, 0) is 4.79 Å². The number of carbonyl (C=O) groups excluding carboxylic acids is 2. The molecule has 0 aliphatic carbocycles. The molecule has 0 N–H and O–H groups in total. The third kappa shape index (κ3) is 4.28. The summed E-state index contributed by atoms with van der Waals surface area (Å²) in [5.41, 5.74) is 1.19. The summed E-state index contributed by atoms with van der Waals surface area (Å²) in [6.07, 6.45) is 2.64. The highest BCUT2D eigenvalue weighted by molar-refractivity contribution is 5.92. The molecule has 2 aromatic heterocycles. The Bertz CT molecular complexity index is 860. The van der Waals surface area contributed by atoms with E-state index in [0.717, 1.165) is 44.1 Å². The standard InChI is InChI=1S/C20H25N7O2/c1-16-14-17(19(29)26-8-6-24(15-28)7-9-26)23-20(22-16)27-12-10-25(11-13-27)18-4-2-3-5-21-18/h2-5,14-15H,6-13H2,1H3. The van der Waals surface area contributed by atoms with Gasteiger partial charge in [-0.05, 0) is 25.1 Å². The van der Waals surface area contributed by atoms with Crippen LogP contribution in [0.5, 0.6) is 0 Å². The van der Waals surface area contributed by atoms with Crippen molar-refractivity contribution in [3.63, 3.8) is 0 Å². The first-order valence-electron chi connectivity index (χ1n) is 9.89. The van der Waals surface area contributed by atoms with Gasteiger partial charge in [0.2, 0.25) is 12.4 Å². The van der Waals surface area contributed by atoms with Gasteiger partial charge in [0.05, 0.1) is 0 Å². The van der Waals surface area contributed by atoms with E-state index in [1.165, 1.54) is 0 Å². The lowest BCUT2D eigenvalue weighted by atomic mass is 10.2. The normalized spacial score (nSPS) is 17.4. The molecule has 2 amide bonds. The molecule has 2 aliphatic heterocycles. The molecule has 2 fully saturated rings. The second-order valence-electron chi connectivity index (χ2n) is 7.29. The molecule has 0 bridgehead atoms. The topological polar surface area (TPSA) is 85.8 Å². The summed E-state index contributed by atoms with van der Waals surface area (Å²) in [6, 6.07) is 7.66. The summed E-state index contributed by atoms with van der Waals surface area (Å²) in [6.45, 7) is 7.24. The minimum absolute atomic E-state index is 0.102. The van der Waals surface area contributed by atoms with Crippen molar-refractivity contribution in [1.29, 1.82) is 0 Å². The van der Waals surface area contributed by atoms with Gasteiger partial charge in [-0.25, -0.2) is 15.0 Å². The molecular weight excluding hydrogens is 370 g/mol. The highest BCUT2D eigenvalue weighted by Gasteiger charge is 2.25. The van der Waals surface area contributed by atoms with Crippen molar-refractivity contribution in [2.75, 3.05) is 62.2 Å². The van der Waals surface area contributed by atoms with Gasteiger partial charge < -0.3 is 19.6 Å². The SMILES string of the molecule is Cc1cc(C(=O)N2CCN(C=O)CC2)nc(N2CCN(c3ccccn3)CC2)n1. The van der Waals surface area contributed by atoms with Crippen LogP contribution in [0.3, 0.4) is 0 Å². The quantitative estimate of drug-likeness (QED) is 0.694. The maximum Gasteiger partial charge on any atom is 0.272 e. The number of hydrogen-bond donors (Lipinski definition) is 0. The molecule has 2 saturated heterocycles. The Morgan fingerprint density at radius 1 is 0.966 bits per heavy atom. The number of piperazine rings is 2. The van der Waals surface area contributed by atoms with Crippen molar-refractivity contribution in [2.24, 2.45) is 0 Å². The molecule has 0 radical (unpaired) electrons.